The normalized spacial score (nSPS) is 12.5. The summed E-state index contributed by atoms with van der Waals surface area (Å²) in [4.78, 5) is 11.4. The Hall–Kier alpha value is -2.73. The standard InChI is InChI=1S/C18H19NO5/c1-10-14-6-12(22-3)4-5-17(14)24-18(10)11(2)19-8-13-7-15(20)16(21)9-23-13/h4-7,9,11,19,21H,8H2,1-3H3/t11-/m0/s1. The Morgan fingerprint density at radius 2 is 2.12 bits per heavy atom. The van der Waals surface area contributed by atoms with Crippen LogP contribution < -0.4 is 15.5 Å². The number of hydrogen-bond donors (Lipinski definition) is 2. The van der Waals surface area contributed by atoms with Crippen LogP contribution >= 0.6 is 0 Å². The Morgan fingerprint density at radius 3 is 2.83 bits per heavy atom. The van der Waals surface area contributed by atoms with Gasteiger partial charge in [0, 0.05) is 17.0 Å². The van der Waals surface area contributed by atoms with Crippen LogP contribution in [0, 0.1) is 6.92 Å². The molecule has 1 atom stereocenters. The molecule has 0 aliphatic rings. The first-order chi connectivity index (χ1) is 11.5. The zero-order valence-corrected chi connectivity index (χ0v) is 13.8. The molecule has 0 radical (unpaired) electrons. The maximum Gasteiger partial charge on any atom is 0.226 e. The van der Waals surface area contributed by atoms with Crippen LogP contribution in [0.1, 0.15) is 30.0 Å². The predicted octanol–water partition coefficient (Wildman–Crippen LogP) is 3.26. The summed E-state index contributed by atoms with van der Waals surface area (Å²) >= 11 is 0. The number of rotatable bonds is 5. The van der Waals surface area contributed by atoms with Crippen molar-refractivity contribution in [3.63, 3.8) is 0 Å². The van der Waals surface area contributed by atoms with Crippen molar-refractivity contribution in [2.45, 2.75) is 26.4 Å². The van der Waals surface area contributed by atoms with Crippen molar-refractivity contribution in [1.29, 1.82) is 0 Å². The first kappa shape index (κ1) is 16.1. The second-order valence-corrected chi connectivity index (χ2v) is 5.65. The highest BCUT2D eigenvalue weighted by molar-refractivity contribution is 5.83. The van der Waals surface area contributed by atoms with Gasteiger partial charge < -0.3 is 24.0 Å². The molecular formula is C18H19NO5. The van der Waals surface area contributed by atoms with Crippen LogP contribution in [0.25, 0.3) is 11.0 Å². The van der Waals surface area contributed by atoms with Crippen molar-refractivity contribution in [1.82, 2.24) is 5.32 Å². The molecule has 0 fully saturated rings. The Balaban J connectivity index is 1.80. The van der Waals surface area contributed by atoms with Crippen molar-refractivity contribution >= 4 is 11.0 Å². The minimum absolute atomic E-state index is 0.0810. The van der Waals surface area contributed by atoms with Crippen LogP contribution in [0.4, 0.5) is 0 Å². The smallest absolute Gasteiger partial charge is 0.226 e. The number of methoxy groups -OCH3 is 1. The van der Waals surface area contributed by atoms with E-state index in [-0.39, 0.29) is 6.04 Å². The van der Waals surface area contributed by atoms with E-state index in [9.17, 15) is 9.90 Å². The van der Waals surface area contributed by atoms with Gasteiger partial charge >= 0.3 is 0 Å². The van der Waals surface area contributed by atoms with Gasteiger partial charge in [0.15, 0.2) is 5.75 Å². The van der Waals surface area contributed by atoms with Crippen LogP contribution in [0.15, 0.2) is 44.2 Å². The van der Waals surface area contributed by atoms with E-state index in [2.05, 4.69) is 5.32 Å². The molecule has 0 saturated heterocycles. The molecule has 2 N–H and O–H groups in total. The quantitative estimate of drug-likeness (QED) is 0.747. The van der Waals surface area contributed by atoms with Gasteiger partial charge in [0.25, 0.3) is 0 Å². The molecule has 0 amide bonds. The zero-order valence-electron chi connectivity index (χ0n) is 13.8. The number of aryl methyl sites for hydroxylation is 1. The van der Waals surface area contributed by atoms with Crippen LogP contribution in [-0.4, -0.2) is 12.2 Å². The molecule has 1 aromatic carbocycles. The van der Waals surface area contributed by atoms with E-state index in [1.807, 2.05) is 32.0 Å². The molecule has 3 rings (SSSR count). The number of ether oxygens (including phenoxy) is 1. The maximum absolute atomic E-state index is 11.4. The molecule has 0 unspecified atom stereocenters. The average molecular weight is 329 g/mol. The van der Waals surface area contributed by atoms with Crippen molar-refractivity contribution in [2.24, 2.45) is 0 Å². The second-order valence-electron chi connectivity index (χ2n) is 5.65. The zero-order chi connectivity index (χ0) is 17.3. The lowest BCUT2D eigenvalue weighted by Crippen LogP contribution is -2.19. The molecule has 6 heteroatoms. The number of aromatic hydroxyl groups is 1. The van der Waals surface area contributed by atoms with Gasteiger partial charge in [-0.25, -0.2) is 0 Å². The van der Waals surface area contributed by atoms with Crippen LogP contribution in [0.2, 0.25) is 0 Å². The van der Waals surface area contributed by atoms with Crippen molar-refractivity contribution in [3.8, 4) is 11.5 Å². The summed E-state index contributed by atoms with van der Waals surface area (Å²) in [6.45, 7) is 4.32. The van der Waals surface area contributed by atoms with E-state index in [1.165, 1.54) is 6.07 Å². The molecule has 6 nitrogen and oxygen atoms in total. The number of hydrogen-bond acceptors (Lipinski definition) is 6. The number of furan rings is 1. The summed E-state index contributed by atoms with van der Waals surface area (Å²) in [5, 5.41) is 13.5. The molecule has 0 spiro atoms. The predicted molar refractivity (Wildman–Crippen MR) is 89.4 cm³/mol. The molecule has 0 aliphatic carbocycles. The monoisotopic (exact) mass is 329 g/mol. The van der Waals surface area contributed by atoms with E-state index in [0.29, 0.717) is 12.3 Å². The molecule has 24 heavy (non-hydrogen) atoms. The molecule has 126 valence electrons. The summed E-state index contributed by atoms with van der Waals surface area (Å²) in [5.74, 6) is 1.65. The van der Waals surface area contributed by atoms with E-state index < -0.39 is 11.2 Å². The fourth-order valence-corrected chi connectivity index (χ4v) is 2.64. The average Bonchev–Trinajstić information content (AvgIpc) is 2.92. The Morgan fingerprint density at radius 1 is 1.33 bits per heavy atom. The minimum Gasteiger partial charge on any atom is -0.502 e. The first-order valence-electron chi connectivity index (χ1n) is 7.60. The van der Waals surface area contributed by atoms with Gasteiger partial charge in [-0.2, -0.15) is 0 Å². The maximum atomic E-state index is 11.4. The van der Waals surface area contributed by atoms with Gasteiger partial charge in [0.1, 0.15) is 29.1 Å². The highest BCUT2D eigenvalue weighted by Gasteiger charge is 2.17. The highest BCUT2D eigenvalue weighted by atomic mass is 16.5. The van der Waals surface area contributed by atoms with Gasteiger partial charge in [-0.05, 0) is 32.0 Å². The van der Waals surface area contributed by atoms with Crippen LogP contribution in [0.5, 0.6) is 11.5 Å². The first-order valence-corrected chi connectivity index (χ1v) is 7.60. The highest BCUT2D eigenvalue weighted by Crippen LogP contribution is 2.31. The second kappa shape index (κ2) is 6.41. The molecule has 3 aromatic rings. The third kappa shape index (κ3) is 3.00. The molecule has 0 saturated carbocycles. The molecular weight excluding hydrogens is 310 g/mol. The van der Waals surface area contributed by atoms with E-state index in [0.717, 1.165) is 34.3 Å². The third-order valence-corrected chi connectivity index (χ3v) is 4.02. The van der Waals surface area contributed by atoms with Gasteiger partial charge in [-0.15, -0.1) is 0 Å². The molecule has 2 heterocycles. The van der Waals surface area contributed by atoms with Crippen molar-refractivity contribution < 1.29 is 18.7 Å². The lowest BCUT2D eigenvalue weighted by Gasteiger charge is -2.11. The summed E-state index contributed by atoms with van der Waals surface area (Å²) < 4.78 is 16.4. The van der Waals surface area contributed by atoms with Crippen LogP contribution in [0.3, 0.4) is 0 Å². The van der Waals surface area contributed by atoms with Crippen molar-refractivity contribution in [3.05, 3.63) is 57.8 Å². The van der Waals surface area contributed by atoms with Gasteiger partial charge in [0.05, 0.1) is 19.7 Å². The molecule has 2 aromatic heterocycles. The summed E-state index contributed by atoms with van der Waals surface area (Å²) in [6.07, 6.45) is 1.04. The summed E-state index contributed by atoms with van der Waals surface area (Å²) in [7, 11) is 1.63. The van der Waals surface area contributed by atoms with E-state index >= 15 is 0 Å². The Bertz CT molecular complexity index is 925. The third-order valence-electron chi connectivity index (χ3n) is 4.02. The fourth-order valence-electron chi connectivity index (χ4n) is 2.64. The van der Waals surface area contributed by atoms with Crippen molar-refractivity contribution in [2.75, 3.05) is 7.11 Å². The van der Waals surface area contributed by atoms with Gasteiger partial charge in [-0.3, -0.25) is 4.79 Å². The Kier molecular flexibility index (Phi) is 4.31. The molecule has 0 bridgehead atoms. The minimum atomic E-state index is -0.460. The number of nitrogens with one attached hydrogen (secondary N) is 1. The van der Waals surface area contributed by atoms with Crippen LogP contribution in [-0.2, 0) is 6.54 Å². The Labute approximate surface area is 138 Å². The summed E-state index contributed by atoms with van der Waals surface area (Å²) in [5.41, 5.74) is 1.38. The largest absolute Gasteiger partial charge is 0.502 e. The SMILES string of the molecule is COc1ccc2oc([C@H](C)NCc3cc(=O)c(O)co3)c(C)c2c1. The number of benzene rings is 1. The van der Waals surface area contributed by atoms with Gasteiger partial charge in [-0.1, -0.05) is 0 Å². The number of fused-ring (bicyclic) bond motifs is 1. The molecule has 0 aliphatic heterocycles. The van der Waals surface area contributed by atoms with Gasteiger partial charge in [0.2, 0.25) is 5.43 Å². The van der Waals surface area contributed by atoms with E-state index in [1.54, 1.807) is 7.11 Å². The summed E-state index contributed by atoms with van der Waals surface area (Å²) in [6, 6.07) is 6.88. The lowest BCUT2D eigenvalue weighted by molar-refractivity contribution is 0.387. The van der Waals surface area contributed by atoms with E-state index in [4.69, 9.17) is 13.6 Å². The fraction of sp³-hybridized carbons (Fsp3) is 0.278. The lowest BCUT2D eigenvalue weighted by atomic mass is 10.1. The topological polar surface area (TPSA) is 84.8 Å².